The molecule has 104 valence electrons. The van der Waals surface area contributed by atoms with E-state index in [2.05, 4.69) is 18.7 Å². The molecule has 18 heavy (non-hydrogen) atoms. The van der Waals surface area contributed by atoms with Crippen LogP contribution < -0.4 is 0 Å². The lowest BCUT2D eigenvalue weighted by Gasteiger charge is -2.31. The minimum atomic E-state index is 0.282. The third-order valence-corrected chi connectivity index (χ3v) is 4.39. The summed E-state index contributed by atoms with van der Waals surface area (Å²) in [6, 6.07) is 0. The van der Waals surface area contributed by atoms with Crippen LogP contribution >= 0.6 is 0 Å². The summed E-state index contributed by atoms with van der Waals surface area (Å²) in [6.07, 6.45) is 5.53. The van der Waals surface area contributed by atoms with Gasteiger partial charge in [0.05, 0.1) is 6.10 Å². The van der Waals surface area contributed by atoms with Crippen molar-refractivity contribution in [1.82, 2.24) is 4.90 Å². The molecule has 3 atom stereocenters. The molecule has 0 aromatic heterocycles. The van der Waals surface area contributed by atoms with Crippen LogP contribution in [0.15, 0.2) is 0 Å². The highest BCUT2D eigenvalue weighted by Crippen LogP contribution is 2.27. The van der Waals surface area contributed by atoms with Crippen molar-refractivity contribution in [3.8, 4) is 0 Å². The van der Waals surface area contributed by atoms with Crippen molar-refractivity contribution >= 4 is 5.78 Å². The van der Waals surface area contributed by atoms with E-state index >= 15 is 0 Å². The Morgan fingerprint density at radius 1 is 1.44 bits per heavy atom. The molecule has 0 aromatic carbocycles. The van der Waals surface area contributed by atoms with E-state index in [0.717, 1.165) is 64.3 Å². The Morgan fingerprint density at radius 2 is 2.28 bits per heavy atom. The SMILES string of the molecule is CCC1CN(CC2CC(C)CCC2=O)CCCO1. The third-order valence-electron chi connectivity index (χ3n) is 4.39. The monoisotopic (exact) mass is 253 g/mol. The molecule has 1 aliphatic carbocycles. The first-order chi connectivity index (χ1) is 8.69. The van der Waals surface area contributed by atoms with Gasteiger partial charge in [0.25, 0.3) is 0 Å². The summed E-state index contributed by atoms with van der Waals surface area (Å²) >= 11 is 0. The smallest absolute Gasteiger partial charge is 0.137 e. The van der Waals surface area contributed by atoms with E-state index in [4.69, 9.17) is 4.74 Å². The van der Waals surface area contributed by atoms with Crippen molar-refractivity contribution in [3.63, 3.8) is 0 Å². The first-order valence-electron chi connectivity index (χ1n) is 7.55. The quantitative estimate of drug-likeness (QED) is 0.774. The van der Waals surface area contributed by atoms with E-state index in [1.165, 1.54) is 0 Å². The molecule has 2 rings (SSSR count). The maximum atomic E-state index is 12.0. The molecule has 1 aliphatic heterocycles. The van der Waals surface area contributed by atoms with Gasteiger partial charge in [0.15, 0.2) is 0 Å². The summed E-state index contributed by atoms with van der Waals surface area (Å²) in [5.74, 6) is 1.49. The summed E-state index contributed by atoms with van der Waals surface area (Å²) in [5, 5.41) is 0. The molecular weight excluding hydrogens is 226 g/mol. The Labute approximate surface area is 111 Å². The van der Waals surface area contributed by atoms with Gasteiger partial charge >= 0.3 is 0 Å². The van der Waals surface area contributed by atoms with Gasteiger partial charge in [0, 0.05) is 38.6 Å². The van der Waals surface area contributed by atoms with Gasteiger partial charge in [-0.1, -0.05) is 13.8 Å². The Morgan fingerprint density at radius 3 is 3.06 bits per heavy atom. The van der Waals surface area contributed by atoms with Crippen LogP contribution in [0.3, 0.4) is 0 Å². The van der Waals surface area contributed by atoms with Crippen molar-refractivity contribution in [2.75, 3.05) is 26.2 Å². The lowest BCUT2D eigenvalue weighted by Crippen LogP contribution is -2.39. The first kappa shape index (κ1) is 14.0. The fourth-order valence-corrected chi connectivity index (χ4v) is 3.20. The summed E-state index contributed by atoms with van der Waals surface area (Å²) in [7, 11) is 0. The van der Waals surface area contributed by atoms with Crippen LogP contribution in [0.25, 0.3) is 0 Å². The van der Waals surface area contributed by atoms with E-state index < -0.39 is 0 Å². The van der Waals surface area contributed by atoms with Gasteiger partial charge in [0.2, 0.25) is 0 Å². The maximum absolute atomic E-state index is 12.0. The lowest BCUT2D eigenvalue weighted by atomic mass is 9.81. The summed E-state index contributed by atoms with van der Waals surface area (Å²) in [6.45, 7) is 8.40. The lowest BCUT2D eigenvalue weighted by molar-refractivity contribution is -0.126. The van der Waals surface area contributed by atoms with Crippen molar-refractivity contribution < 1.29 is 9.53 Å². The molecule has 1 saturated heterocycles. The molecule has 0 radical (unpaired) electrons. The molecule has 2 fully saturated rings. The van der Waals surface area contributed by atoms with Crippen LogP contribution in [0.5, 0.6) is 0 Å². The zero-order chi connectivity index (χ0) is 13.0. The van der Waals surface area contributed by atoms with Crippen LogP contribution in [0.2, 0.25) is 0 Å². The standard InChI is InChI=1S/C15H27NO2/c1-3-14-11-16(7-4-8-18-14)10-13-9-12(2)5-6-15(13)17/h12-14H,3-11H2,1-2H3. The zero-order valence-corrected chi connectivity index (χ0v) is 11.9. The normalized spacial score (nSPS) is 35.4. The second-order valence-corrected chi connectivity index (χ2v) is 6.06. The Bertz CT molecular complexity index is 280. The molecule has 0 spiro atoms. The fourth-order valence-electron chi connectivity index (χ4n) is 3.20. The Kier molecular flexibility index (Phi) is 5.19. The van der Waals surface area contributed by atoms with Crippen LogP contribution in [0.4, 0.5) is 0 Å². The van der Waals surface area contributed by atoms with Gasteiger partial charge in [-0.2, -0.15) is 0 Å². The minimum absolute atomic E-state index is 0.282. The number of hydrogen-bond donors (Lipinski definition) is 0. The number of carbonyl (C=O) groups excluding carboxylic acids is 1. The molecule has 0 N–H and O–H groups in total. The molecule has 0 bridgehead atoms. The number of nitrogens with zero attached hydrogens (tertiary/aromatic N) is 1. The van der Waals surface area contributed by atoms with Gasteiger partial charge in [0.1, 0.15) is 5.78 Å². The number of ketones is 1. The van der Waals surface area contributed by atoms with Crippen LogP contribution in [0, 0.1) is 11.8 Å². The average Bonchev–Trinajstić information content (AvgIpc) is 2.59. The molecule has 3 unspecified atom stereocenters. The third kappa shape index (κ3) is 3.79. The number of ether oxygens (including phenoxy) is 1. The summed E-state index contributed by atoms with van der Waals surface area (Å²) < 4.78 is 5.79. The van der Waals surface area contributed by atoms with Crippen molar-refractivity contribution in [2.45, 2.75) is 52.1 Å². The largest absolute Gasteiger partial charge is 0.377 e. The first-order valence-corrected chi connectivity index (χ1v) is 7.55. The van der Waals surface area contributed by atoms with Crippen LogP contribution in [-0.4, -0.2) is 43.0 Å². The topological polar surface area (TPSA) is 29.5 Å². The van der Waals surface area contributed by atoms with E-state index in [1.807, 2.05) is 0 Å². The van der Waals surface area contributed by atoms with Crippen molar-refractivity contribution in [1.29, 1.82) is 0 Å². The molecule has 3 heteroatoms. The predicted molar refractivity (Wildman–Crippen MR) is 72.6 cm³/mol. The molecule has 2 aliphatic rings. The summed E-state index contributed by atoms with van der Waals surface area (Å²) in [5.41, 5.74) is 0. The maximum Gasteiger partial charge on any atom is 0.137 e. The molecule has 3 nitrogen and oxygen atoms in total. The molecular formula is C15H27NO2. The van der Waals surface area contributed by atoms with E-state index in [9.17, 15) is 4.79 Å². The highest BCUT2D eigenvalue weighted by atomic mass is 16.5. The van der Waals surface area contributed by atoms with Gasteiger partial charge < -0.3 is 4.74 Å². The van der Waals surface area contributed by atoms with Gasteiger partial charge in [-0.15, -0.1) is 0 Å². The Balaban J connectivity index is 1.88. The summed E-state index contributed by atoms with van der Waals surface area (Å²) in [4.78, 5) is 14.5. The molecule has 0 amide bonds. The number of rotatable bonds is 3. The van der Waals surface area contributed by atoms with E-state index in [-0.39, 0.29) is 5.92 Å². The van der Waals surface area contributed by atoms with Crippen LogP contribution in [-0.2, 0) is 9.53 Å². The van der Waals surface area contributed by atoms with E-state index in [0.29, 0.717) is 11.9 Å². The van der Waals surface area contributed by atoms with Crippen molar-refractivity contribution in [3.05, 3.63) is 0 Å². The highest BCUT2D eigenvalue weighted by Gasteiger charge is 2.29. The number of carbonyl (C=O) groups is 1. The fraction of sp³-hybridized carbons (Fsp3) is 0.933. The highest BCUT2D eigenvalue weighted by molar-refractivity contribution is 5.81. The second-order valence-electron chi connectivity index (χ2n) is 6.06. The number of Topliss-reactive ketones (excluding diaryl/α,β-unsaturated/α-hetero) is 1. The number of hydrogen-bond acceptors (Lipinski definition) is 3. The molecule has 1 heterocycles. The van der Waals surface area contributed by atoms with Crippen LogP contribution in [0.1, 0.15) is 46.0 Å². The van der Waals surface area contributed by atoms with Gasteiger partial charge in [-0.3, -0.25) is 9.69 Å². The molecule has 0 aromatic rings. The van der Waals surface area contributed by atoms with E-state index in [1.54, 1.807) is 0 Å². The van der Waals surface area contributed by atoms with Gasteiger partial charge in [-0.25, -0.2) is 0 Å². The Hall–Kier alpha value is -0.410. The predicted octanol–water partition coefficient (Wildman–Crippen LogP) is 2.49. The van der Waals surface area contributed by atoms with Crippen molar-refractivity contribution in [2.24, 2.45) is 11.8 Å². The second kappa shape index (κ2) is 6.67. The average molecular weight is 253 g/mol. The minimum Gasteiger partial charge on any atom is -0.377 e. The zero-order valence-electron chi connectivity index (χ0n) is 11.9. The van der Waals surface area contributed by atoms with Gasteiger partial charge in [-0.05, 0) is 31.6 Å². The molecule has 1 saturated carbocycles.